The zero-order valence-corrected chi connectivity index (χ0v) is 23.9. The summed E-state index contributed by atoms with van der Waals surface area (Å²) in [4.78, 5) is 38.1. The van der Waals surface area contributed by atoms with Crippen LogP contribution in [0.2, 0.25) is 0 Å². The summed E-state index contributed by atoms with van der Waals surface area (Å²) >= 11 is 0. The summed E-state index contributed by atoms with van der Waals surface area (Å²) in [5.74, 6) is -1.49. The molecule has 0 saturated carbocycles. The Balaban J connectivity index is 1.41. The number of carbonyl (C=O) groups excluding carboxylic acids is 2. The van der Waals surface area contributed by atoms with Gasteiger partial charge in [-0.25, -0.2) is 22.8 Å². The highest BCUT2D eigenvalue weighted by atomic mass is 32.2. The van der Waals surface area contributed by atoms with Gasteiger partial charge in [0, 0.05) is 50.7 Å². The minimum absolute atomic E-state index is 0.0245. The van der Waals surface area contributed by atoms with Crippen LogP contribution in [0.3, 0.4) is 0 Å². The topological polar surface area (TPSA) is 134 Å². The third-order valence-corrected chi connectivity index (χ3v) is 7.66. The number of amides is 1. The SMILES string of the molecule is CC(C)(C)OC(=O)[C@H](CNC(=O)c1ccc(N2CCN(c3ncccn3)CC2)c(F)c1)NS(=O)(=O)c1ccccc1. The van der Waals surface area contributed by atoms with Gasteiger partial charge in [-0.3, -0.25) is 9.59 Å². The zero-order valence-electron chi connectivity index (χ0n) is 23.1. The Morgan fingerprint density at radius 3 is 2.22 bits per heavy atom. The van der Waals surface area contributed by atoms with Crippen molar-refractivity contribution < 1.29 is 27.1 Å². The average molecular weight is 585 g/mol. The van der Waals surface area contributed by atoms with Crippen LogP contribution < -0.4 is 19.8 Å². The molecule has 41 heavy (non-hydrogen) atoms. The number of hydrogen-bond donors (Lipinski definition) is 2. The molecule has 1 aromatic heterocycles. The molecule has 0 bridgehead atoms. The Morgan fingerprint density at radius 2 is 1.61 bits per heavy atom. The third kappa shape index (κ3) is 7.98. The first-order valence-corrected chi connectivity index (χ1v) is 14.6. The van der Waals surface area contributed by atoms with Gasteiger partial charge in [-0.05, 0) is 57.2 Å². The standard InChI is InChI=1S/C28H33FN6O5S/c1-28(2,3)40-26(37)23(33-41(38,39)21-8-5-4-6-9-21)19-32-25(36)20-10-11-24(22(29)18-20)34-14-16-35(17-15-34)27-30-12-7-13-31-27/h4-13,18,23,33H,14-17,19H2,1-3H3,(H,32,36)/t23-/m0/s1. The van der Waals surface area contributed by atoms with Crippen molar-refractivity contribution in [2.24, 2.45) is 0 Å². The molecule has 1 aliphatic rings. The number of hydrogen-bond acceptors (Lipinski definition) is 9. The summed E-state index contributed by atoms with van der Waals surface area (Å²) in [5.41, 5.74) is -0.510. The van der Waals surface area contributed by atoms with Gasteiger partial charge in [0.2, 0.25) is 16.0 Å². The number of sulfonamides is 1. The monoisotopic (exact) mass is 584 g/mol. The number of aromatic nitrogens is 2. The maximum atomic E-state index is 15.1. The van der Waals surface area contributed by atoms with E-state index < -0.39 is 45.9 Å². The van der Waals surface area contributed by atoms with E-state index in [9.17, 15) is 18.0 Å². The van der Waals surface area contributed by atoms with E-state index in [2.05, 4.69) is 20.0 Å². The van der Waals surface area contributed by atoms with E-state index in [0.717, 1.165) is 6.07 Å². The molecule has 2 aromatic carbocycles. The fourth-order valence-electron chi connectivity index (χ4n) is 4.20. The normalized spacial score (nSPS) is 14.8. The summed E-state index contributed by atoms with van der Waals surface area (Å²) in [6.45, 7) is 6.82. The number of benzene rings is 2. The molecule has 1 atom stereocenters. The molecule has 0 unspecified atom stereocenters. The van der Waals surface area contributed by atoms with Gasteiger partial charge in [-0.15, -0.1) is 0 Å². The lowest BCUT2D eigenvalue weighted by molar-refractivity contribution is -0.156. The minimum Gasteiger partial charge on any atom is -0.459 e. The van der Waals surface area contributed by atoms with Gasteiger partial charge in [0.05, 0.1) is 10.6 Å². The summed E-state index contributed by atoms with van der Waals surface area (Å²) in [5, 5.41) is 2.52. The van der Waals surface area contributed by atoms with Crippen LogP contribution in [0.1, 0.15) is 31.1 Å². The number of ether oxygens (including phenoxy) is 1. The quantitative estimate of drug-likeness (QED) is 0.364. The van der Waals surface area contributed by atoms with E-state index in [1.165, 1.54) is 24.3 Å². The van der Waals surface area contributed by atoms with E-state index in [0.29, 0.717) is 37.8 Å². The van der Waals surface area contributed by atoms with E-state index in [1.807, 2.05) is 9.80 Å². The number of nitrogens with zero attached hydrogens (tertiary/aromatic N) is 4. The van der Waals surface area contributed by atoms with E-state index in [-0.39, 0.29) is 10.5 Å². The summed E-state index contributed by atoms with van der Waals surface area (Å²) in [6.07, 6.45) is 3.35. The van der Waals surface area contributed by atoms with Crippen LogP contribution in [0, 0.1) is 5.82 Å². The molecule has 0 spiro atoms. The van der Waals surface area contributed by atoms with Crippen molar-refractivity contribution in [1.82, 2.24) is 20.0 Å². The van der Waals surface area contributed by atoms with Crippen LogP contribution >= 0.6 is 0 Å². The Labute approximate surface area is 238 Å². The summed E-state index contributed by atoms with van der Waals surface area (Å²) in [6, 6.07) is 12.0. The van der Waals surface area contributed by atoms with Gasteiger partial charge >= 0.3 is 5.97 Å². The second-order valence-corrected chi connectivity index (χ2v) is 12.1. The molecule has 1 saturated heterocycles. The van der Waals surface area contributed by atoms with E-state index in [4.69, 9.17) is 4.74 Å². The maximum absolute atomic E-state index is 15.1. The van der Waals surface area contributed by atoms with Gasteiger partial charge in [-0.2, -0.15) is 4.72 Å². The summed E-state index contributed by atoms with van der Waals surface area (Å²) < 4.78 is 48.5. The Morgan fingerprint density at radius 1 is 0.976 bits per heavy atom. The Bertz CT molecular complexity index is 1460. The van der Waals surface area contributed by atoms with Crippen LogP contribution in [0.25, 0.3) is 0 Å². The van der Waals surface area contributed by atoms with Crippen molar-refractivity contribution in [2.75, 3.05) is 42.5 Å². The van der Waals surface area contributed by atoms with E-state index >= 15 is 4.39 Å². The molecular weight excluding hydrogens is 551 g/mol. The Kier molecular flexibility index (Phi) is 9.18. The maximum Gasteiger partial charge on any atom is 0.326 e. The number of nitrogens with one attached hydrogen (secondary N) is 2. The van der Waals surface area contributed by atoms with Gasteiger partial charge in [0.25, 0.3) is 5.91 Å². The molecule has 218 valence electrons. The molecule has 2 N–H and O–H groups in total. The first-order chi connectivity index (χ1) is 19.4. The molecule has 0 aliphatic carbocycles. The van der Waals surface area contributed by atoms with Crippen molar-refractivity contribution in [3.8, 4) is 0 Å². The smallest absolute Gasteiger partial charge is 0.326 e. The van der Waals surface area contributed by atoms with Crippen molar-refractivity contribution in [1.29, 1.82) is 0 Å². The van der Waals surface area contributed by atoms with Crippen molar-refractivity contribution in [3.05, 3.63) is 78.4 Å². The second-order valence-electron chi connectivity index (χ2n) is 10.4. The zero-order chi connectivity index (χ0) is 29.6. The predicted molar refractivity (Wildman–Crippen MR) is 152 cm³/mol. The third-order valence-electron chi connectivity index (χ3n) is 6.17. The van der Waals surface area contributed by atoms with Crippen LogP contribution in [-0.2, 0) is 19.6 Å². The number of halogens is 1. The second kappa shape index (κ2) is 12.6. The first-order valence-electron chi connectivity index (χ1n) is 13.1. The fraction of sp³-hybridized carbons (Fsp3) is 0.357. The lowest BCUT2D eigenvalue weighted by Crippen LogP contribution is -2.50. The van der Waals surface area contributed by atoms with Crippen LogP contribution in [-0.4, -0.2) is 74.6 Å². The highest BCUT2D eigenvalue weighted by Crippen LogP contribution is 2.23. The van der Waals surface area contributed by atoms with Gasteiger partial charge in [0.15, 0.2) is 0 Å². The molecular formula is C28H33FN6O5S. The number of piperazine rings is 1. The molecule has 1 fully saturated rings. The summed E-state index contributed by atoms with van der Waals surface area (Å²) in [7, 11) is -4.10. The molecule has 1 amide bonds. The predicted octanol–water partition coefficient (Wildman–Crippen LogP) is 2.36. The number of esters is 1. The highest BCUT2D eigenvalue weighted by Gasteiger charge is 2.30. The minimum atomic E-state index is -4.10. The van der Waals surface area contributed by atoms with Crippen LogP contribution in [0.4, 0.5) is 16.0 Å². The number of anilines is 2. The Hall–Kier alpha value is -4.10. The van der Waals surface area contributed by atoms with Gasteiger partial charge < -0.3 is 19.9 Å². The average Bonchev–Trinajstić information content (AvgIpc) is 2.95. The van der Waals surface area contributed by atoms with Crippen molar-refractivity contribution in [3.63, 3.8) is 0 Å². The van der Waals surface area contributed by atoms with Crippen LogP contribution in [0.5, 0.6) is 0 Å². The van der Waals surface area contributed by atoms with Crippen molar-refractivity contribution >= 4 is 33.5 Å². The number of carbonyl (C=O) groups is 2. The molecule has 2 heterocycles. The molecule has 0 radical (unpaired) electrons. The molecule has 3 aromatic rings. The largest absolute Gasteiger partial charge is 0.459 e. The van der Waals surface area contributed by atoms with Gasteiger partial charge in [-0.1, -0.05) is 18.2 Å². The number of rotatable bonds is 9. The molecule has 11 nitrogen and oxygen atoms in total. The van der Waals surface area contributed by atoms with Gasteiger partial charge in [0.1, 0.15) is 17.5 Å². The highest BCUT2D eigenvalue weighted by molar-refractivity contribution is 7.89. The fourth-order valence-corrected chi connectivity index (χ4v) is 5.41. The first kappa shape index (κ1) is 29.9. The van der Waals surface area contributed by atoms with Crippen molar-refractivity contribution in [2.45, 2.75) is 37.3 Å². The van der Waals surface area contributed by atoms with E-state index in [1.54, 1.807) is 57.4 Å². The van der Waals surface area contributed by atoms with Crippen LogP contribution in [0.15, 0.2) is 71.9 Å². The molecule has 4 rings (SSSR count). The lowest BCUT2D eigenvalue weighted by atomic mass is 10.1. The molecule has 13 heteroatoms. The molecule has 1 aliphatic heterocycles. The lowest BCUT2D eigenvalue weighted by Gasteiger charge is -2.36.